The van der Waals surface area contributed by atoms with Crippen LogP contribution in [0.25, 0.3) is 6.08 Å². The number of benzene rings is 1. The van der Waals surface area contributed by atoms with Gasteiger partial charge < -0.3 is 10.1 Å². The van der Waals surface area contributed by atoms with Crippen LogP contribution in [-0.4, -0.2) is 18.0 Å². The molecule has 0 fully saturated rings. The predicted molar refractivity (Wildman–Crippen MR) is 82.8 cm³/mol. The number of methoxy groups -OCH3 is 1. The van der Waals surface area contributed by atoms with Gasteiger partial charge in [0, 0.05) is 12.3 Å². The van der Waals surface area contributed by atoms with Crippen molar-refractivity contribution in [1.29, 1.82) is 0 Å². The lowest BCUT2D eigenvalue weighted by atomic mass is 10.2. The molecule has 22 heavy (non-hydrogen) atoms. The average molecular weight is 300 g/mol. The van der Waals surface area contributed by atoms with E-state index in [-0.39, 0.29) is 17.7 Å². The van der Waals surface area contributed by atoms with Crippen molar-refractivity contribution in [2.24, 2.45) is 0 Å². The molecular weight excluding hydrogens is 283 g/mol. The lowest BCUT2D eigenvalue weighted by Crippen LogP contribution is -2.25. The van der Waals surface area contributed by atoms with E-state index in [1.807, 2.05) is 25.1 Å². The monoisotopic (exact) mass is 300 g/mol. The van der Waals surface area contributed by atoms with Gasteiger partial charge in [0.05, 0.1) is 18.8 Å². The predicted octanol–water partition coefficient (Wildman–Crippen LogP) is 3.12. The molecule has 1 heterocycles. The number of carbonyl (C=O) groups is 1. The summed E-state index contributed by atoms with van der Waals surface area (Å²) in [7, 11) is 1.40. The Morgan fingerprint density at radius 1 is 1.36 bits per heavy atom. The Balaban J connectivity index is 1.98. The standard InChI is InChI=1S/C17H17FN2O2/c1-12(15-5-3-4-10-19-15)20-17(21)9-7-13-6-8-16(22-2)14(18)11-13/h3-12H,1-2H3,(H,20,21)/b9-7+. The second-order valence-corrected chi connectivity index (χ2v) is 4.71. The van der Waals surface area contributed by atoms with Gasteiger partial charge >= 0.3 is 0 Å². The molecule has 1 aromatic carbocycles. The van der Waals surface area contributed by atoms with E-state index in [9.17, 15) is 9.18 Å². The van der Waals surface area contributed by atoms with E-state index in [0.29, 0.717) is 5.56 Å². The van der Waals surface area contributed by atoms with E-state index in [0.717, 1.165) is 5.69 Å². The molecule has 0 radical (unpaired) electrons. The summed E-state index contributed by atoms with van der Waals surface area (Å²) >= 11 is 0. The number of halogens is 1. The number of hydrogen-bond acceptors (Lipinski definition) is 3. The van der Waals surface area contributed by atoms with E-state index < -0.39 is 5.82 Å². The SMILES string of the molecule is COc1ccc(/C=C/C(=O)NC(C)c2ccccn2)cc1F. The summed E-state index contributed by atoms with van der Waals surface area (Å²) in [6, 6.07) is 9.82. The zero-order valence-corrected chi connectivity index (χ0v) is 12.4. The summed E-state index contributed by atoms with van der Waals surface area (Å²) in [5.41, 5.74) is 1.36. The Morgan fingerprint density at radius 3 is 2.82 bits per heavy atom. The molecule has 0 aliphatic heterocycles. The van der Waals surface area contributed by atoms with Gasteiger partial charge in [-0.15, -0.1) is 0 Å². The van der Waals surface area contributed by atoms with E-state index in [1.165, 1.54) is 25.3 Å². The van der Waals surface area contributed by atoms with Crippen molar-refractivity contribution in [2.45, 2.75) is 13.0 Å². The summed E-state index contributed by atoms with van der Waals surface area (Å²) in [6.07, 6.45) is 4.58. The number of pyridine rings is 1. The molecule has 4 nitrogen and oxygen atoms in total. The third-order valence-electron chi connectivity index (χ3n) is 3.09. The zero-order valence-electron chi connectivity index (χ0n) is 12.4. The molecule has 2 rings (SSSR count). The van der Waals surface area contributed by atoms with Crippen LogP contribution in [0.1, 0.15) is 24.2 Å². The van der Waals surface area contributed by atoms with Gasteiger partial charge in [-0.3, -0.25) is 9.78 Å². The smallest absolute Gasteiger partial charge is 0.244 e. The molecule has 0 aliphatic rings. The van der Waals surface area contributed by atoms with E-state index in [2.05, 4.69) is 10.3 Å². The summed E-state index contributed by atoms with van der Waals surface area (Å²) in [5, 5.41) is 2.80. The molecule has 114 valence electrons. The molecule has 1 unspecified atom stereocenters. The van der Waals surface area contributed by atoms with Crippen LogP contribution < -0.4 is 10.1 Å². The Labute approximate surface area is 128 Å². The zero-order chi connectivity index (χ0) is 15.9. The highest BCUT2D eigenvalue weighted by Crippen LogP contribution is 2.18. The lowest BCUT2D eigenvalue weighted by molar-refractivity contribution is -0.117. The van der Waals surface area contributed by atoms with Crippen molar-refractivity contribution < 1.29 is 13.9 Å². The third-order valence-corrected chi connectivity index (χ3v) is 3.09. The first-order chi connectivity index (χ1) is 10.6. The number of hydrogen-bond donors (Lipinski definition) is 1. The van der Waals surface area contributed by atoms with Gasteiger partial charge in [-0.05, 0) is 42.8 Å². The minimum atomic E-state index is -0.466. The van der Waals surface area contributed by atoms with Crippen LogP contribution in [0.4, 0.5) is 4.39 Å². The Bertz CT molecular complexity index is 672. The van der Waals surface area contributed by atoms with E-state index in [4.69, 9.17) is 4.74 Å². The van der Waals surface area contributed by atoms with E-state index in [1.54, 1.807) is 18.3 Å². The molecule has 2 aromatic rings. The summed E-state index contributed by atoms with van der Waals surface area (Å²) in [6.45, 7) is 1.85. The van der Waals surface area contributed by atoms with Crippen molar-refractivity contribution in [3.05, 3.63) is 65.7 Å². The minimum absolute atomic E-state index is 0.172. The van der Waals surface area contributed by atoms with Gasteiger partial charge in [-0.2, -0.15) is 0 Å². The quantitative estimate of drug-likeness (QED) is 0.863. The van der Waals surface area contributed by atoms with Crippen LogP contribution in [0.2, 0.25) is 0 Å². The highest BCUT2D eigenvalue weighted by molar-refractivity contribution is 5.91. The Hall–Kier alpha value is -2.69. The molecule has 0 bridgehead atoms. The van der Waals surface area contributed by atoms with Crippen LogP contribution in [0, 0.1) is 5.82 Å². The van der Waals surface area contributed by atoms with Gasteiger partial charge in [0.1, 0.15) is 0 Å². The second-order valence-electron chi connectivity index (χ2n) is 4.71. The lowest BCUT2D eigenvalue weighted by Gasteiger charge is -2.11. The van der Waals surface area contributed by atoms with Crippen LogP contribution >= 0.6 is 0 Å². The number of ether oxygens (including phenoxy) is 1. The molecule has 0 saturated carbocycles. The molecule has 0 aliphatic carbocycles. The van der Waals surface area contributed by atoms with Crippen molar-refractivity contribution in [2.75, 3.05) is 7.11 Å². The molecule has 1 atom stereocenters. The van der Waals surface area contributed by atoms with E-state index >= 15 is 0 Å². The van der Waals surface area contributed by atoms with Crippen LogP contribution in [0.3, 0.4) is 0 Å². The largest absolute Gasteiger partial charge is 0.494 e. The van der Waals surface area contributed by atoms with Crippen LogP contribution in [0.5, 0.6) is 5.75 Å². The maximum atomic E-state index is 13.5. The molecule has 1 N–H and O–H groups in total. The summed E-state index contributed by atoms with van der Waals surface area (Å²) in [5.74, 6) is -0.563. The number of nitrogens with one attached hydrogen (secondary N) is 1. The molecule has 1 aromatic heterocycles. The maximum absolute atomic E-state index is 13.5. The number of carbonyl (C=O) groups excluding carboxylic acids is 1. The van der Waals surface area contributed by atoms with Gasteiger partial charge in [0.2, 0.25) is 5.91 Å². The highest BCUT2D eigenvalue weighted by atomic mass is 19.1. The van der Waals surface area contributed by atoms with Crippen molar-refractivity contribution >= 4 is 12.0 Å². The Kier molecular flexibility index (Phi) is 5.25. The number of aromatic nitrogens is 1. The fraction of sp³-hybridized carbons (Fsp3) is 0.176. The molecule has 0 saturated heterocycles. The molecular formula is C17H17FN2O2. The first-order valence-corrected chi connectivity index (χ1v) is 6.83. The van der Waals surface area contributed by atoms with Crippen molar-refractivity contribution in [3.8, 4) is 5.75 Å². The number of rotatable bonds is 5. The van der Waals surface area contributed by atoms with Gasteiger partial charge in [-0.25, -0.2) is 4.39 Å². The first kappa shape index (κ1) is 15.7. The Morgan fingerprint density at radius 2 is 2.18 bits per heavy atom. The maximum Gasteiger partial charge on any atom is 0.244 e. The number of amides is 1. The van der Waals surface area contributed by atoms with Gasteiger partial charge in [-0.1, -0.05) is 12.1 Å². The topological polar surface area (TPSA) is 51.2 Å². The normalized spacial score (nSPS) is 12.1. The summed E-state index contributed by atoms with van der Waals surface area (Å²) < 4.78 is 18.4. The number of nitrogens with zero attached hydrogens (tertiary/aromatic N) is 1. The van der Waals surface area contributed by atoms with Crippen LogP contribution in [-0.2, 0) is 4.79 Å². The van der Waals surface area contributed by atoms with Crippen LogP contribution in [0.15, 0.2) is 48.7 Å². The van der Waals surface area contributed by atoms with Crippen molar-refractivity contribution in [3.63, 3.8) is 0 Å². The highest BCUT2D eigenvalue weighted by Gasteiger charge is 2.08. The fourth-order valence-electron chi connectivity index (χ4n) is 1.93. The third kappa shape index (κ3) is 4.15. The first-order valence-electron chi connectivity index (χ1n) is 6.83. The molecule has 1 amide bonds. The average Bonchev–Trinajstić information content (AvgIpc) is 2.54. The summed E-state index contributed by atoms with van der Waals surface area (Å²) in [4.78, 5) is 16.0. The fourth-order valence-corrected chi connectivity index (χ4v) is 1.93. The second kappa shape index (κ2) is 7.36. The minimum Gasteiger partial charge on any atom is -0.494 e. The van der Waals surface area contributed by atoms with Gasteiger partial charge in [0.15, 0.2) is 11.6 Å². The van der Waals surface area contributed by atoms with Crippen molar-refractivity contribution in [1.82, 2.24) is 10.3 Å². The molecule has 0 spiro atoms. The van der Waals surface area contributed by atoms with Gasteiger partial charge in [0.25, 0.3) is 0 Å². The molecule has 5 heteroatoms.